The van der Waals surface area contributed by atoms with E-state index in [1.54, 1.807) is 67.6 Å². The summed E-state index contributed by atoms with van der Waals surface area (Å²) in [5, 5.41) is 2.45. The minimum absolute atomic E-state index is 0.171. The maximum atomic E-state index is 12.8. The van der Waals surface area contributed by atoms with Crippen LogP contribution in [0.3, 0.4) is 0 Å². The molecule has 0 saturated carbocycles. The summed E-state index contributed by atoms with van der Waals surface area (Å²) in [6.45, 7) is 1.65. The van der Waals surface area contributed by atoms with Gasteiger partial charge in [0.25, 0.3) is 0 Å². The molecule has 3 aromatic rings. The van der Waals surface area contributed by atoms with Gasteiger partial charge in [-0.1, -0.05) is 55.5 Å². The summed E-state index contributed by atoms with van der Waals surface area (Å²) in [7, 11) is -4.39. The smallest absolute Gasteiger partial charge is 0.344 e. The molecular weight excluding hydrogens is 420 g/mol. The van der Waals surface area contributed by atoms with Crippen molar-refractivity contribution >= 4 is 27.8 Å². The Morgan fingerprint density at radius 2 is 1.55 bits per heavy atom. The van der Waals surface area contributed by atoms with Gasteiger partial charge in [-0.25, -0.2) is 4.79 Å². The lowest BCUT2D eigenvalue weighted by Gasteiger charge is -2.13. The highest BCUT2D eigenvalue weighted by Crippen LogP contribution is 2.32. The van der Waals surface area contributed by atoms with Crippen LogP contribution in [-0.4, -0.2) is 20.4 Å². The van der Waals surface area contributed by atoms with Crippen LogP contribution in [0.1, 0.15) is 13.3 Å². The summed E-state index contributed by atoms with van der Waals surface area (Å²) < 4.78 is 35.6. The van der Waals surface area contributed by atoms with Crippen molar-refractivity contribution in [3.8, 4) is 16.9 Å². The number of para-hydroxylation sites is 1. The van der Waals surface area contributed by atoms with Crippen molar-refractivity contribution < 1.29 is 27.0 Å². The minimum Gasteiger partial charge on any atom is -0.427 e. The maximum Gasteiger partial charge on any atom is 0.344 e. The molecule has 0 bridgehead atoms. The molecule has 0 aliphatic heterocycles. The average Bonchev–Trinajstić information content (AvgIpc) is 2.79. The SMILES string of the molecule is CCC(=O)Oc1ccc(S(=O)(=O)ONC(=O)Nc2ccccc2)c(-c2ccccc2)c1. The van der Waals surface area contributed by atoms with Crippen LogP contribution in [0.2, 0.25) is 0 Å². The van der Waals surface area contributed by atoms with Crippen LogP contribution in [0.25, 0.3) is 11.1 Å². The van der Waals surface area contributed by atoms with Crippen molar-refractivity contribution in [3.05, 3.63) is 78.9 Å². The number of hydrogen-bond acceptors (Lipinski definition) is 6. The molecule has 0 fully saturated rings. The molecule has 3 rings (SSSR count). The summed E-state index contributed by atoms with van der Waals surface area (Å²) in [6.07, 6.45) is 0.171. The van der Waals surface area contributed by atoms with E-state index < -0.39 is 22.1 Å². The van der Waals surface area contributed by atoms with Crippen LogP contribution in [0, 0.1) is 0 Å². The Hall–Kier alpha value is -3.69. The van der Waals surface area contributed by atoms with Gasteiger partial charge in [-0.2, -0.15) is 13.9 Å². The number of benzene rings is 3. The van der Waals surface area contributed by atoms with Gasteiger partial charge in [0.2, 0.25) is 0 Å². The quantitative estimate of drug-likeness (QED) is 0.325. The van der Waals surface area contributed by atoms with Crippen LogP contribution in [0.15, 0.2) is 83.8 Å². The van der Waals surface area contributed by atoms with Gasteiger partial charge in [0.05, 0.1) is 0 Å². The number of carbonyl (C=O) groups is 2. The Bertz CT molecular complexity index is 1170. The Kier molecular flexibility index (Phi) is 7.01. The van der Waals surface area contributed by atoms with Gasteiger partial charge in [-0.05, 0) is 35.9 Å². The molecule has 0 aliphatic rings. The highest BCUT2D eigenvalue weighted by atomic mass is 32.2. The van der Waals surface area contributed by atoms with Gasteiger partial charge in [0, 0.05) is 17.7 Å². The number of anilines is 1. The molecule has 0 radical (unpaired) electrons. The first-order valence-electron chi connectivity index (χ1n) is 9.34. The van der Waals surface area contributed by atoms with E-state index in [0.717, 1.165) is 0 Å². The third kappa shape index (κ3) is 5.91. The monoisotopic (exact) mass is 440 g/mol. The summed E-state index contributed by atoms with van der Waals surface area (Å²) in [6, 6.07) is 20.3. The second-order valence-electron chi connectivity index (χ2n) is 6.31. The Labute approximate surface area is 179 Å². The van der Waals surface area contributed by atoms with E-state index in [9.17, 15) is 18.0 Å². The normalized spacial score (nSPS) is 10.9. The number of rotatable bonds is 7. The zero-order chi connectivity index (χ0) is 22.3. The van der Waals surface area contributed by atoms with Crippen LogP contribution in [0.5, 0.6) is 5.75 Å². The maximum absolute atomic E-state index is 12.8. The number of amides is 2. The van der Waals surface area contributed by atoms with E-state index >= 15 is 0 Å². The van der Waals surface area contributed by atoms with E-state index in [2.05, 4.69) is 5.32 Å². The van der Waals surface area contributed by atoms with Gasteiger partial charge in [-0.3, -0.25) is 4.79 Å². The van der Waals surface area contributed by atoms with Crippen molar-refractivity contribution in [1.29, 1.82) is 0 Å². The molecule has 160 valence electrons. The molecule has 2 amide bonds. The third-order valence-electron chi connectivity index (χ3n) is 4.10. The molecule has 3 aromatic carbocycles. The molecule has 0 aromatic heterocycles. The fourth-order valence-electron chi connectivity index (χ4n) is 2.65. The van der Waals surface area contributed by atoms with E-state index in [-0.39, 0.29) is 22.6 Å². The third-order valence-corrected chi connectivity index (χ3v) is 5.30. The number of hydroxylamine groups is 1. The summed E-state index contributed by atoms with van der Waals surface area (Å²) in [5.74, 6) is -0.260. The molecule has 0 saturated heterocycles. The number of esters is 1. The topological polar surface area (TPSA) is 111 Å². The van der Waals surface area contributed by atoms with E-state index in [0.29, 0.717) is 11.3 Å². The molecule has 31 heavy (non-hydrogen) atoms. The van der Waals surface area contributed by atoms with Crippen molar-refractivity contribution in [1.82, 2.24) is 5.48 Å². The zero-order valence-electron chi connectivity index (χ0n) is 16.6. The number of urea groups is 1. The highest BCUT2D eigenvalue weighted by Gasteiger charge is 2.23. The van der Waals surface area contributed by atoms with E-state index in [1.165, 1.54) is 18.2 Å². The molecule has 0 atom stereocenters. The summed E-state index contributed by atoms with van der Waals surface area (Å²) >= 11 is 0. The van der Waals surface area contributed by atoms with Gasteiger partial charge < -0.3 is 10.1 Å². The number of nitrogens with one attached hydrogen (secondary N) is 2. The predicted molar refractivity (Wildman–Crippen MR) is 115 cm³/mol. The number of carbonyl (C=O) groups excluding carboxylic acids is 2. The Morgan fingerprint density at radius 3 is 2.19 bits per heavy atom. The largest absolute Gasteiger partial charge is 0.427 e. The lowest BCUT2D eigenvalue weighted by molar-refractivity contribution is -0.134. The summed E-state index contributed by atoms with van der Waals surface area (Å²) in [4.78, 5) is 23.4. The fourth-order valence-corrected chi connectivity index (χ4v) is 3.61. The molecule has 9 heteroatoms. The van der Waals surface area contributed by atoms with Gasteiger partial charge in [0.15, 0.2) is 0 Å². The standard InChI is InChI=1S/C22H20N2O6S/c1-2-21(25)29-18-13-14-20(19(15-18)16-9-5-3-6-10-16)31(27,28)30-24-22(26)23-17-11-7-4-8-12-17/h3-15H,2H2,1H3,(H2,23,24,26). The molecule has 0 unspecified atom stereocenters. The first-order valence-corrected chi connectivity index (χ1v) is 10.8. The molecule has 2 N–H and O–H groups in total. The molecular formula is C22H20N2O6S. The van der Waals surface area contributed by atoms with Crippen molar-refractivity contribution in [3.63, 3.8) is 0 Å². The Balaban J connectivity index is 1.85. The van der Waals surface area contributed by atoms with Gasteiger partial charge in [-0.15, -0.1) is 4.28 Å². The van der Waals surface area contributed by atoms with Gasteiger partial charge in [0.1, 0.15) is 10.6 Å². The van der Waals surface area contributed by atoms with Crippen molar-refractivity contribution in [2.24, 2.45) is 0 Å². The van der Waals surface area contributed by atoms with E-state index in [1.807, 2.05) is 5.48 Å². The highest BCUT2D eigenvalue weighted by molar-refractivity contribution is 7.86. The number of ether oxygens (including phenoxy) is 1. The number of hydrogen-bond donors (Lipinski definition) is 2. The van der Waals surface area contributed by atoms with Crippen LogP contribution in [-0.2, 0) is 19.2 Å². The van der Waals surface area contributed by atoms with Gasteiger partial charge >= 0.3 is 22.1 Å². The molecule has 8 nitrogen and oxygen atoms in total. The first-order chi connectivity index (χ1) is 14.9. The minimum atomic E-state index is -4.39. The lowest BCUT2D eigenvalue weighted by Crippen LogP contribution is -2.31. The fraction of sp³-hybridized carbons (Fsp3) is 0.0909. The molecule has 0 spiro atoms. The van der Waals surface area contributed by atoms with Crippen molar-refractivity contribution in [2.75, 3.05) is 5.32 Å². The lowest BCUT2D eigenvalue weighted by atomic mass is 10.1. The van der Waals surface area contributed by atoms with Crippen molar-refractivity contribution in [2.45, 2.75) is 18.2 Å². The van der Waals surface area contributed by atoms with E-state index in [4.69, 9.17) is 9.02 Å². The molecule has 0 heterocycles. The molecule has 0 aliphatic carbocycles. The zero-order valence-corrected chi connectivity index (χ0v) is 17.4. The van der Waals surface area contributed by atoms with Crippen LogP contribution in [0.4, 0.5) is 10.5 Å². The Morgan fingerprint density at radius 1 is 0.903 bits per heavy atom. The van der Waals surface area contributed by atoms with Crippen LogP contribution < -0.4 is 15.5 Å². The summed E-state index contributed by atoms with van der Waals surface area (Å²) in [5.41, 5.74) is 3.17. The second kappa shape index (κ2) is 9.88. The average molecular weight is 440 g/mol. The first kappa shape index (κ1) is 22.0. The predicted octanol–water partition coefficient (Wildman–Crippen LogP) is 4.11. The van der Waals surface area contributed by atoms with Crippen LogP contribution >= 0.6 is 0 Å². The second-order valence-corrected chi connectivity index (χ2v) is 7.83.